The zero-order valence-electron chi connectivity index (χ0n) is 11.6. The number of rotatable bonds is 6. The van der Waals surface area contributed by atoms with Crippen molar-refractivity contribution in [2.24, 2.45) is 11.8 Å². The molecule has 0 aliphatic rings. The van der Waals surface area contributed by atoms with Crippen LogP contribution in [-0.4, -0.2) is 23.9 Å². The van der Waals surface area contributed by atoms with Gasteiger partial charge in [-0.25, -0.2) is 5.84 Å². The van der Waals surface area contributed by atoms with E-state index in [1.54, 1.807) is 6.07 Å². The number of hydrogen-bond acceptors (Lipinski definition) is 4. The number of nitrogens with two attached hydrogens (primary N) is 1. The number of nitrogen functional groups attached to an aromatic ring is 1. The van der Waals surface area contributed by atoms with E-state index in [2.05, 4.69) is 31.1 Å². The molecule has 18 heavy (non-hydrogen) atoms. The minimum absolute atomic E-state index is 0.316. The molecule has 1 amide bonds. The highest BCUT2D eigenvalue weighted by Gasteiger charge is 2.18. The first-order valence-corrected chi connectivity index (χ1v) is 6.23. The van der Waals surface area contributed by atoms with E-state index in [1.807, 2.05) is 7.05 Å². The van der Waals surface area contributed by atoms with Gasteiger partial charge in [-0.2, -0.15) is 0 Å². The van der Waals surface area contributed by atoms with Crippen LogP contribution in [0.5, 0.6) is 0 Å². The van der Waals surface area contributed by atoms with E-state index < -0.39 is 0 Å². The number of carbonyl (C=O) groups excluding carboxylic acids is 1. The van der Waals surface area contributed by atoms with E-state index in [0.717, 1.165) is 6.42 Å². The van der Waals surface area contributed by atoms with Crippen LogP contribution in [0.3, 0.4) is 0 Å². The van der Waals surface area contributed by atoms with E-state index in [1.165, 1.54) is 6.26 Å². The topological polar surface area (TPSA) is 71.5 Å². The van der Waals surface area contributed by atoms with Gasteiger partial charge in [0.25, 0.3) is 5.91 Å². The molecule has 5 heteroatoms. The Balaban J connectivity index is 2.67. The SMILES string of the molecule is CC(C)CC(C)N(C)Cc1occc1C(=O)NN. The number of hydrogen-bond donors (Lipinski definition) is 2. The van der Waals surface area contributed by atoms with Crippen molar-refractivity contribution in [1.82, 2.24) is 10.3 Å². The van der Waals surface area contributed by atoms with Crippen LogP contribution in [0.15, 0.2) is 16.7 Å². The highest BCUT2D eigenvalue weighted by atomic mass is 16.3. The van der Waals surface area contributed by atoms with Gasteiger partial charge in [0.05, 0.1) is 18.4 Å². The summed E-state index contributed by atoms with van der Waals surface area (Å²) in [7, 11) is 2.03. The highest BCUT2D eigenvalue weighted by molar-refractivity contribution is 5.94. The largest absolute Gasteiger partial charge is 0.467 e. The molecule has 0 aliphatic heterocycles. The average Bonchev–Trinajstić information content (AvgIpc) is 2.75. The second-order valence-corrected chi connectivity index (χ2v) is 5.12. The van der Waals surface area contributed by atoms with Gasteiger partial charge in [-0.1, -0.05) is 13.8 Å². The second kappa shape index (κ2) is 6.56. The Labute approximate surface area is 108 Å². The lowest BCUT2D eigenvalue weighted by molar-refractivity contribution is 0.0949. The molecule has 1 aromatic heterocycles. The van der Waals surface area contributed by atoms with Gasteiger partial charge in [0.1, 0.15) is 5.76 Å². The van der Waals surface area contributed by atoms with Crippen molar-refractivity contribution in [2.75, 3.05) is 7.05 Å². The Morgan fingerprint density at radius 3 is 2.72 bits per heavy atom. The minimum Gasteiger partial charge on any atom is -0.467 e. The minimum atomic E-state index is -0.316. The van der Waals surface area contributed by atoms with Crippen molar-refractivity contribution in [3.63, 3.8) is 0 Å². The predicted octanol–water partition coefficient (Wildman–Crippen LogP) is 1.75. The van der Waals surface area contributed by atoms with Crippen LogP contribution in [0, 0.1) is 5.92 Å². The lowest BCUT2D eigenvalue weighted by Crippen LogP contribution is -2.33. The molecule has 0 aromatic carbocycles. The summed E-state index contributed by atoms with van der Waals surface area (Å²) in [6, 6.07) is 2.07. The standard InChI is InChI=1S/C13H23N3O2/c1-9(2)7-10(3)16(4)8-12-11(5-6-18-12)13(17)15-14/h5-6,9-10H,7-8,14H2,1-4H3,(H,15,17). The Morgan fingerprint density at radius 2 is 2.17 bits per heavy atom. The van der Waals surface area contributed by atoms with Crippen molar-refractivity contribution in [1.29, 1.82) is 0 Å². The molecule has 0 saturated carbocycles. The molecule has 0 spiro atoms. The van der Waals surface area contributed by atoms with Gasteiger partial charge >= 0.3 is 0 Å². The number of carbonyl (C=O) groups is 1. The molecular formula is C13H23N3O2. The predicted molar refractivity (Wildman–Crippen MR) is 70.7 cm³/mol. The molecule has 0 bridgehead atoms. The summed E-state index contributed by atoms with van der Waals surface area (Å²) in [5.74, 6) is 6.11. The maximum absolute atomic E-state index is 11.5. The summed E-state index contributed by atoms with van der Waals surface area (Å²) < 4.78 is 5.36. The number of amides is 1. The summed E-state index contributed by atoms with van der Waals surface area (Å²) in [5, 5.41) is 0. The van der Waals surface area contributed by atoms with E-state index in [-0.39, 0.29) is 5.91 Å². The molecule has 0 aliphatic carbocycles. The number of nitrogens with one attached hydrogen (secondary N) is 1. The first kappa shape index (κ1) is 14.7. The van der Waals surface area contributed by atoms with Gasteiger partial charge in [-0.05, 0) is 32.4 Å². The molecule has 1 atom stereocenters. The maximum atomic E-state index is 11.5. The van der Waals surface area contributed by atoms with Gasteiger partial charge in [0.2, 0.25) is 0 Å². The Kier molecular flexibility index (Phi) is 5.37. The summed E-state index contributed by atoms with van der Waals surface area (Å²) >= 11 is 0. The van der Waals surface area contributed by atoms with Crippen LogP contribution in [0.1, 0.15) is 43.3 Å². The summed E-state index contributed by atoms with van der Waals surface area (Å²) in [6.07, 6.45) is 2.62. The second-order valence-electron chi connectivity index (χ2n) is 5.12. The van der Waals surface area contributed by atoms with Gasteiger partial charge in [0.15, 0.2) is 0 Å². The summed E-state index contributed by atoms with van der Waals surface area (Å²) in [5.41, 5.74) is 2.63. The van der Waals surface area contributed by atoms with Gasteiger partial charge in [-0.3, -0.25) is 15.1 Å². The Hall–Kier alpha value is -1.33. The van der Waals surface area contributed by atoms with Crippen LogP contribution in [0.4, 0.5) is 0 Å². The van der Waals surface area contributed by atoms with Crippen LogP contribution in [0.25, 0.3) is 0 Å². The number of hydrazine groups is 1. The van der Waals surface area contributed by atoms with Crippen molar-refractivity contribution < 1.29 is 9.21 Å². The fourth-order valence-corrected chi connectivity index (χ4v) is 1.99. The first-order chi connectivity index (χ1) is 8.45. The van der Waals surface area contributed by atoms with E-state index in [0.29, 0.717) is 29.8 Å². The van der Waals surface area contributed by atoms with Crippen LogP contribution in [-0.2, 0) is 6.54 Å². The molecule has 5 nitrogen and oxygen atoms in total. The number of furan rings is 1. The van der Waals surface area contributed by atoms with Crippen molar-refractivity contribution >= 4 is 5.91 Å². The van der Waals surface area contributed by atoms with E-state index in [4.69, 9.17) is 10.3 Å². The third-order valence-electron chi connectivity index (χ3n) is 3.08. The van der Waals surface area contributed by atoms with Crippen LogP contribution < -0.4 is 11.3 Å². The molecule has 1 heterocycles. The lowest BCUT2D eigenvalue weighted by atomic mass is 10.0. The zero-order chi connectivity index (χ0) is 13.7. The fraction of sp³-hybridized carbons (Fsp3) is 0.615. The molecule has 1 rings (SSSR count). The quantitative estimate of drug-likeness (QED) is 0.460. The molecule has 102 valence electrons. The van der Waals surface area contributed by atoms with Crippen molar-refractivity contribution in [3.8, 4) is 0 Å². The molecule has 1 unspecified atom stereocenters. The lowest BCUT2D eigenvalue weighted by Gasteiger charge is -2.25. The molecular weight excluding hydrogens is 230 g/mol. The Bertz CT molecular complexity index is 387. The van der Waals surface area contributed by atoms with Crippen molar-refractivity contribution in [2.45, 2.75) is 39.8 Å². The Morgan fingerprint density at radius 1 is 1.50 bits per heavy atom. The third-order valence-corrected chi connectivity index (χ3v) is 3.08. The fourth-order valence-electron chi connectivity index (χ4n) is 1.99. The molecule has 3 N–H and O–H groups in total. The van der Waals surface area contributed by atoms with Gasteiger partial charge < -0.3 is 4.42 Å². The van der Waals surface area contributed by atoms with E-state index >= 15 is 0 Å². The zero-order valence-corrected chi connectivity index (χ0v) is 11.6. The number of nitrogens with zero attached hydrogens (tertiary/aromatic N) is 1. The maximum Gasteiger partial charge on any atom is 0.268 e. The molecule has 1 aromatic rings. The molecule has 0 saturated heterocycles. The van der Waals surface area contributed by atoms with Gasteiger partial charge in [0, 0.05) is 6.04 Å². The highest BCUT2D eigenvalue weighted by Crippen LogP contribution is 2.16. The van der Waals surface area contributed by atoms with Crippen LogP contribution >= 0.6 is 0 Å². The van der Waals surface area contributed by atoms with Gasteiger partial charge in [-0.15, -0.1) is 0 Å². The monoisotopic (exact) mass is 253 g/mol. The third kappa shape index (κ3) is 3.85. The van der Waals surface area contributed by atoms with E-state index in [9.17, 15) is 4.79 Å². The average molecular weight is 253 g/mol. The smallest absolute Gasteiger partial charge is 0.268 e. The summed E-state index contributed by atoms with van der Waals surface area (Å²) in [4.78, 5) is 13.7. The molecule has 0 fully saturated rings. The molecule has 0 radical (unpaired) electrons. The summed E-state index contributed by atoms with van der Waals surface area (Å²) in [6.45, 7) is 7.17. The van der Waals surface area contributed by atoms with Crippen molar-refractivity contribution in [3.05, 3.63) is 23.7 Å². The van der Waals surface area contributed by atoms with Crippen LogP contribution in [0.2, 0.25) is 0 Å². The normalized spacial score (nSPS) is 13.1. The first-order valence-electron chi connectivity index (χ1n) is 6.23.